The van der Waals surface area contributed by atoms with Crippen molar-refractivity contribution < 1.29 is 9.18 Å². The van der Waals surface area contributed by atoms with Crippen molar-refractivity contribution in [1.82, 2.24) is 15.2 Å². The minimum Gasteiger partial charge on any atom is -0.349 e. The fourth-order valence-corrected chi connectivity index (χ4v) is 3.87. The fraction of sp³-hybridized carbons (Fsp3) is 0.444. The Bertz CT molecular complexity index is 703. The van der Waals surface area contributed by atoms with E-state index < -0.39 is 0 Å². The predicted octanol–water partition coefficient (Wildman–Crippen LogP) is 3.41. The molecule has 1 saturated heterocycles. The number of hydrogen-bond acceptors (Lipinski definition) is 4. The van der Waals surface area contributed by atoms with E-state index in [4.69, 9.17) is 0 Å². The molecule has 1 aliphatic heterocycles. The third-order valence-electron chi connectivity index (χ3n) is 4.30. The first kappa shape index (κ1) is 17.0. The van der Waals surface area contributed by atoms with E-state index in [1.54, 1.807) is 23.6 Å². The molecule has 6 heteroatoms. The van der Waals surface area contributed by atoms with Crippen molar-refractivity contribution in [3.05, 3.63) is 41.2 Å². The Kier molecular flexibility index (Phi) is 5.58. The number of hydrogen-bond donors (Lipinski definition) is 1. The van der Waals surface area contributed by atoms with Crippen LogP contribution in [0.2, 0.25) is 0 Å². The summed E-state index contributed by atoms with van der Waals surface area (Å²) in [5.74, 6) is 0.216. The molecule has 3 rings (SSSR count). The number of carbonyl (C=O) groups excluding carboxylic acids is 1. The minimum atomic E-state index is -0.321. The van der Waals surface area contributed by atoms with E-state index in [-0.39, 0.29) is 11.7 Å². The quantitative estimate of drug-likeness (QED) is 0.901. The second-order valence-corrected chi connectivity index (χ2v) is 7.18. The van der Waals surface area contributed by atoms with Crippen molar-refractivity contribution in [2.24, 2.45) is 5.92 Å². The molecule has 1 aromatic heterocycles. The molecule has 128 valence electrons. The monoisotopic (exact) mass is 347 g/mol. The number of halogens is 1. The molecular formula is C18H22FN3OS. The Morgan fingerprint density at radius 1 is 1.46 bits per heavy atom. The van der Waals surface area contributed by atoms with E-state index >= 15 is 0 Å². The first-order valence-corrected chi connectivity index (χ1v) is 9.22. The predicted molar refractivity (Wildman–Crippen MR) is 94.7 cm³/mol. The molecule has 24 heavy (non-hydrogen) atoms. The smallest absolute Gasteiger partial charge is 0.270 e. The van der Waals surface area contributed by atoms with E-state index in [2.05, 4.69) is 22.1 Å². The Labute approximate surface area is 145 Å². The molecule has 0 aliphatic carbocycles. The van der Waals surface area contributed by atoms with E-state index in [0.29, 0.717) is 22.8 Å². The van der Waals surface area contributed by atoms with Crippen LogP contribution in [-0.4, -0.2) is 42.0 Å². The van der Waals surface area contributed by atoms with Crippen LogP contribution in [0.3, 0.4) is 0 Å². The van der Waals surface area contributed by atoms with Gasteiger partial charge in [-0.2, -0.15) is 0 Å². The van der Waals surface area contributed by atoms with Crippen LogP contribution in [0.4, 0.5) is 4.39 Å². The largest absolute Gasteiger partial charge is 0.349 e. The minimum absolute atomic E-state index is 0.195. The molecule has 2 aromatic rings. The van der Waals surface area contributed by atoms with Crippen LogP contribution in [-0.2, 0) is 0 Å². The van der Waals surface area contributed by atoms with Crippen LogP contribution in [0, 0.1) is 11.7 Å². The third-order valence-corrected chi connectivity index (χ3v) is 5.17. The van der Waals surface area contributed by atoms with Crippen molar-refractivity contribution in [3.8, 4) is 10.6 Å². The van der Waals surface area contributed by atoms with Gasteiger partial charge in [-0.15, -0.1) is 11.3 Å². The zero-order chi connectivity index (χ0) is 16.9. The summed E-state index contributed by atoms with van der Waals surface area (Å²) < 4.78 is 13.8. The number of amides is 1. The fourth-order valence-electron chi connectivity index (χ4n) is 3.04. The molecule has 1 aromatic carbocycles. The van der Waals surface area contributed by atoms with Crippen molar-refractivity contribution in [2.75, 3.05) is 26.2 Å². The van der Waals surface area contributed by atoms with Gasteiger partial charge < -0.3 is 10.2 Å². The summed E-state index contributed by atoms with van der Waals surface area (Å²) in [7, 11) is 0. The second kappa shape index (κ2) is 7.85. The Balaban J connectivity index is 1.53. The molecule has 0 spiro atoms. The highest BCUT2D eigenvalue weighted by atomic mass is 32.1. The number of nitrogens with one attached hydrogen (secondary N) is 1. The Morgan fingerprint density at radius 3 is 3.08 bits per heavy atom. The van der Waals surface area contributed by atoms with Gasteiger partial charge in [0, 0.05) is 30.6 Å². The Hall–Kier alpha value is -1.79. The van der Waals surface area contributed by atoms with Crippen LogP contribution in [0.5, 0.6) is 0 Å². The van der Waals surface area contributed by atoms with Gasteiger partial charge in [-0.3, -0.25) is 4.79 Å². The maximum Gasteiger partial charge on any atom is 0.270 e. The summed E-state index contributed by atoms with van der Waals surface area (Å²) in [6.45, 7) is 5.95. The van der Waals surface area contributed by atoms with Gasteiger partial charge in [0.25, 0.3) is 5.91 Å². The first-order valence-electron chi connectivity index (χ1n) is 8.34. The van der Waals surface area contributed by atoms with Crippen LogP contribution in [0.1, 0.15) is 30.3 Å². The maximum atomic E-state index is 13.8. The van der Waals surface area contributed by atoms with Gasteiger partial charge >= 0.3 is 0 Å². The van der Waals surface area contributed by atoms with E-state index in [1.807, 2.05) is 0 Å². The number of piperidine rings is 1. The highest BCUT2D eigenvalue weighted by Crippen LogP contribution is 2.26. The number of nitrogens with zero attached hydrogens (tertiary/aromatic N) is 2. The van der Waals surface area contributed by atoms with Gasteiger partial charge in [-0.05, 0) is 37.4 Å². The highest BCUT2D eigenvalue weighted by molar-refractivity contribution is 7.13. The van der Waals surface area contributed by atoms with E-state index in [0.717, 1.165) is 25.6 Å². The van der Waals surface area contributed by atoms with Gasteiger partial charge in [0.1, 0.15) is 16.5 Å². The molecule has 1 aliphatic rings. The SMILES string of the molecule is CC1CCCN(CCNC(=O)c2csc(-c3ccccc3F)n2)C1. The molecule has 1 N–H and O–H groups in total. The van der Waals surface area contributed by atoms with Gasteiger partial charge in [-0.1, -0.05) is 19.1 Å². The van der Waals surface area contributed by atoms with Gasteiger partial charge in [0.2, 0.25) is 0 Å². The van der Waals surface area contributed by atoms with Crippen molar-refractivity contribution in [1.29, 1.82) is 0 Å². The lowest BCUT2D eigenvalue weighted by atomic mass is 10.0. The van der Waals surface area contributed by atoms with Crippen LogP contribution in [0.25, 0.3) is 10.6 Å². The van der Waals surface area contributed by atoms with Crippen LogP contribution < -0.4 is 5.32 Å². The van der Waals surface area contributed by atoms with Crippen molar-refractivity contribution in [3.63, 3.8) is 0 Å². The van der Waals surface area contributed by atoms with Crippen molar-refractivity contribution in [2.45, 2.75) is 19.8 Å². The summed E-state index contributed by atoms with van der Waals surface area (Å²) >= 11 is 1.28. The molecule has 2 heterocycles. The lowest BCUT2D eigenvalue weighted by Gasteiger charge is -2.30. The molecule has 0 saturated carbocycles. The van der Waals surface area contributed by atoms with E-state index in [9.17, 15) is 9.18 Å². The second-order valence-electron chi connectivity index (χ2n) is 6.32. The third kappa shape index (κ3) is 4.19. The molecule has 1 unspecified atom stereocenters. The van der Waals surface area contributed by atoms with Crippen LogP contribution in [0.15, 0.2) is 29.6 Å². The molecule has 0 radical (unpaired) electrons. The molecule has 0 bridgehead atoms. The summed E-state index contributed by atoms with van der Waals surface area (Å²) in [5, 5.41) is 5.12. The standard InChI is InChI=1S/C18H22FN3OS/c1-13-5-4-9-22(11-13)10-8-20-17(23)16-12-24-18(21-16)14-6-2-3-7-15(14)19/h2-3,6-7,12-13H,4-5,8-11H2,1H3,(H,20,23). The number of benzene rings is 1. The number of aromatic nitrogens is 1. The molecular weight excluding hydrogens is 325 g/mol. The normalized spacial score (nSPS) is 18.5. The topological polar surface area (TPSA) is 45.2 Å². The van der Waals surface area contributed by atoms with Crippen LogP contribution >= 0.6 is 11.3 Å². The summed E-state index contributed by atoms with van der Waals surface area (Å²) in [6.07, 6.45) is 2.52. The van der Waals surface area contributed by atoms with Gasteiger partial charge in [0.05, 0.1) is 0 Å². The average Bonchev–Trinajstić information content (AvgIpc) is 3.05. The number of rotatable bonds is 5. The molecule has 1 atom stereocenters. The number of thiazole rings is 1. The number of carbonyl (C=O) groups is 1. The van der Waals surface area contributed by atoms with Gasteiger partial charge in [0.15, 0.2) is 0 Å². The van der Waals surface area contributed by atoms with Crippen molar-refractivity contribution >= 4 is 17.2 Å². The summed E-state index contributed by atoms with van der Waals surface area (Å²) in [6, 6.07) is 6.48. The summed E-state index contributed by atoms with van der Waals surface area (Å²) in [4.78, 5) is 18.9. The lowest BCUT2D eigenvalue weighted by Crippen LogP contribution is -2.40. The summed E-state index contributed by atoms with van der Waals surface area (Å²) in [5.41, 5.74) is 0.786. The molecule has 4 nitrogen and oxygen atoms in total. The number of likely N-dealkylation sites (tertiary alicyclic amines) is 1. The zero-order valence-electron chi connectivity index (χ0n) is 13.8. The van der Waals surface area contributed by atoms with E-state index in [1.165, 1.54) is 30.2 Å². The molecule has 1 amide bonds. The first-order chi connectivity index (χ1) is 11.6. The van der Waals surface area contributed by atoms with Gasteiger partial charge in [-0.25, -0.2) is 9.37 Å². The highest BCUT2D eigenvalue weighted by Gasteiger charge is 2.17. The zero-order valence-corrected chi connectivity index (χ0v) is 14.6. The maximum absolute atomic E-state index is 13.8. The average molecular weight is 347 g/mol. The lowest BCUT2D eigenvalue weighted by molar-refractivity contribution is 0.0939. The molecule has 1 fully saturated rings. The Morgan fingerprint density at radius 2 is 2.29 bits per heavy atom.